The monoisotopic (exact) mass is 389 g/mol. The molecule has 0 aromatic heterocycles. The van der Waals surface area contributed by atoms with Gasteiger partial charge in [-0.3, -0.25) is 4.79 Å². The van der Waals surface area contributed by atoms with Crippen LogP contribution >= 0.6 is 0 Å². The molecule has 2 aromatic rings. The number of benzene rings is 2. The number of quaternary nitrogens is 1. The van der Waals surface area contributed by atoms with E-state index in [0.717, 1.165) is 18.7 Å². The van der Waals surface area contributed by atoms with Gasteiger partial charge in [-0.25, -0.2) is 4.39 Å². The van der Waals surface area contributed by atoms with Crippen LogP contribution in [0, 0.1) is 5.82 Å². The van der Waals surface area contributed by atoms with Crippen molar-refractivity contribution in [2.45, 2.75) is 6.04 Å². The van der Waals surface area contributed by atoms with Gasteiger partial charge in [0.15, 0.2) is 0 Å². The maximum Gasteiger partial charge on any atom is 0.251 e. The minimum Gasteiger partial charge on any atom is -0.497 e. The first-order valence-electron chi connectivity index (χ1n) is 9.29. The molecule has 1 aliphatic heterocycles. The first-order chi connectivity index (χ1) is 13.6. The summed E-state index contributed by atoms with van der Waals surface area (Å²) in [5.74, 6) is 0.626. The Bertz CT molecular complexity index is 769. The number of rotatable bonds is 7. The first-order valence-corrected chi connectivity index (χ1v) is 9.29. The second kappa shape index (κ2) is 9.52. The number of ether oxygens (including phenoxy) is 3. The van der Waals surface area contributed by atoms with Crippen molar-refractivity contribution < 1.29 is 28.3 Å². The third-order valence-corrected chi connectivity index (χ3v) is 4.98. The van der Waals surface area contributed by atoms with Crippen molar-refractivity contribution >= 4 is 5.91 Å². The van der Waals surface area contributed by atoms with E-state index in [1.807, 2.05) is 0 Å². The van der Waals surface area contributed by atoms with E-state index >= 15 is 0 Å². The van der Waals surface area contributed by atoms with E-state index in [1.165, 1.54) is 17.0 Å². The number of halogens is 1. The molecular weight excluding hydrogens is 363 g/mol. The van der Waals surface area contributed by atoms with Gasteiger partial charge in [-0.2, -0.15) is 0 Å². The Morgan fingerprint density at radius 2 is 1.71 bits per heavy atom. The molecule has 150 valence electrons. The second-order valence-electron chi connectivity index (χ2n) is 6.69. The molecule has 7 heteroatoms. The molecule has 0 bridgehead atoms. The average Bonchev–Trinajstić information content (AvgIpc) is 2.75. The minimum absolute atomic E-state index is 0.0148. The zero-order valence-corrected chi connectivity index (χ0v) is 16.2. The highest BCUT2D eigenvalue weighted by molar-refractivity contribution is 5.95. The number of morpholine rings is 1. The lowest BCUT2D eigenvalue weighted by Crippen LogP contribution is -3.15. The third kappa shape index (κ3) is 4.99. The molecule has 2 aromatic carbocycles. The maximum atomic E-state index is 13.4. The normalized spacial score (nSPS) is 15.7. The van der Waals surface area contributed by atoms with Crippen LogP contribution in [0.2, 0.25) is 0 Å². The summed E-state index contributed by atoms with van der Waals surface area (Å²) in [6.07, 6.45) is 0. The van der Waals surface area contributed by atoms with Crippen LogP contribution in [-0.4, -0.2) is 53.0 Å². The lowest BCUT2D eigenvalue weighted by atomic mass is 10.0. The van der Waals surface area contributed by atoms with Crippen molar-refractivity contribution in [3.8, 4) is 11.5 Å². The van der Waals surface area contributed by atoms with E-state index in [1.54, 1.807) is 44.6 Å². The molecule has 0 aliphatic carbocycles. The molecule has 1 aliphatic rings. The van der Waals surface area contributed by atoms with Crippen LogP contribution in [0.1, 0.15) is 22.0 Å². The van der Waals surface area contributed by atoms with E-state index in [9.17, 15) is 9.18 Å². The standard InChI is InChI=1S/C21H25FN2O4/c1-26-18-11-16(12-19(13-18)27-2)21(25)23-14-20(24-7-9-28-10-8-24)15-3-5-17(22)6-4-15/h3-6,11-13,20H,7-10,14H2,1-2H3,(H,23,25)/p+1/t20-/m1/s1. The molecule has 2 N–H and O–H groups in total. The van der Waals surface area contributed by atoms with Gasteiger partial charge >= 0.3 is 0 Å². The number of hydrogen-bond donors (Lipinski definition) is 2. The molecule has 1 heterocycles. The van der Waals surface area contributed by atoms with E-state index in [4.69, 9.17) is 14.2 Å². The number of carbonyl (C=O) groups excluding carboxylic acids is 1. The summed E-state index contributed by atoms with van der Waals surface area (Å²) < 4.78 is 29.3. The van der Waals surface area contributed by atoms with Crippen molar-refractivity contribution in [3.63, 3.8) is 0 Å². The largest absolute Gasteiger partial charge is 0.497 e. The molecule has 3 rings (SSSR count). The Hall–Kier alpha value is -2.64. The number of hydrogen-bond acceptors (Lipinski definition) is 4. The predicted octanol–water partition coefficient (Wildman–Crippen LogP) is 1.23. The zero-order chi connectivity index (χ0) is 19.9. The number of carbonyl (C=O) groups is 1. The van der Waals surface area contributed by atoms with Gasteiger partial charge in [0.1, 0.15) is 36.4 Å². The van der Waals surface area contributed by atoms with Crippen molar-refractivity contribution in [2.75, 3.05) is 47.1 Å². The summed E-state index contributed by atoms with van der Waals surface area (Å²) in [4.78, 5) is 14.0. The Kier molecular flexibility index (Phi) is 6.84. The van der Waals surface area contributed by atoms with Crippen LogP contribution in [0.3, 0.4) is 0 Å². The zero-order valence-electron chi connectivity index (χ0n) is 16.2. The number of nitrogens with one attached hydrogen (secondary N) is 2. The maximum absolute atomic E-state index is 13.4. The third-order valence-electron chi connectivity index (χ3n) is 4.98. The van der Waals surface area contributed by atoms with Crippen LogP contribution in [0.25, 0.3) is 0 Å². The molecule has 28 heavy (non-hydrogen) atoms. The SMILES string of the molecule is COc1cc(OC)cc(C(=O)NC[C@H](c2ccc(F)cc2)[NH+]2CCOCC2)c1. The molecule has 1 fully saturated rings. The summed E-state index contributed by atoms with van der Waals surface area (Å²) in [6.45, 7) is 3.46. The van der Waals surface area contributed by atoms with E-state index < -0.39 is 0 Å². The lowest BCUT2D eigenvalue weighted by molar-refractivity contribution is -0.937. The van der Waals surface area contributed by atoms with Crippen molar-refractivity contribution in [3.05, 3.63) is 59.4 Å². The van der Waals surface area contributed by atoms with Gasteiger partial charge in [-0.15, -0.1) is 0 Å². The predicted molar refractivity (Wildman–Crippen MR) is 103 cm³/mol. The molecule has 0 spiro atoms. The Morgan fingerprint density at radius 3 is 2.29 bits per heavy atom. The Morgan fingerprint density at radius 1 is 1.11 bits per heavy atom. The highest BCUT2D eigenvalue weighted by Gasteiger charge is 2.27. The van der Waals surface area contributed by atoms with E-state index in [0.29, 0.717) is 36.8 Å². The fourth-order valence-electron chi connectivity index (χ4n) is 3.41. The molecule has 6 nitrogen and oxygen atoms in total. The van der Waals surface area contributed by atoms with Crippen LogP contribution in [0.4, 0.5) is 4.39 Å². The molecule has 1 atom stereocenters. The van der Waals surface area contributed by atoms with Gasteiger partial charge in [0.05, 0.1) is 34.0 Å². The summed E-state index contributed by atoms with van der Waals surface area (Å²) in [7, 11) is 3.09. The highest BCUT2D eigenvalue weighted by Crippen LogP contribution is 2.22. The van der Waals surface area contributed by atoms with Crippen LogP contribution < -0.4 is 19.7 Å². The molecular formula is C21H26FN2O4+. The van der Waals surface area contributed by atoms with Crippen LogP contribution in [0.15, 0.2) is 42.5 Å². The average molecular weight is 389 g/mol. The van der Waals surface area contributed by atoms with Gasteiger partial charge in [-0.05, 0) is 24.3 Å². The van der Waals surface area contributed by atoms with Gasteiger partial charge < -0.3 is 24.4 Å². The van der Waals surface area contributed by atoms with Crippen molar-refractivity contribution in [2.24, 2.45) is 0 Å². The Balaban J connectivity index is 1.75. The Labute approximate surface area is 164 Å². The summed E-state index contributed by atoms with van der Waals surface area (Å²) in [5, 5.41) is 3.01. The van der Waals surface area contributed by atoms with Gasteiger partial charge in [0, 0.05) is 17.2 Å². The minimum atomic E-state index is -0.271. The van der Waals surface area contributed by atoms with Crippen LogP contribution in [0.5, 0.6) is 11.5 Å². The topological polar surface area (TPSA) is 61.2 Å². The lowest BCUT2D eigenvalue weighted by Gasteiger charge is -2.32. The number of amides is 1. The fourth-order valence-corrected chi connectivity index (χ4v) is 3.41. The highest BCUT2D eigenvalue weighted by atomic mass is 19.1. The quantitative estimate of drug-likeness (QED) is 0.748. The molecule has 1 amide bonds. The molecule has 0 unspecified atom stereocenters. The summed E-state index contributed by atoms with van der Waals surface area (Å²) in [6, 6.07) is 11.6. The van der Waals surface area contributed by atoms with Gasteiger partial charge in [0.25, 0.3) is 5.91 Å². The first kappa shape index (κ1) is 20.1. The summed E-state index contributed by atoms with van der Waals surface area (Å²) in [5.41, 5.74) is 1.45. The smallest absolute Gasteiger partial charge is 0.251 e. The van der Waals surface area contributed by atoms with E-state index in [-0.39, 0.29) is 17.8 Å². The van der Waals surface area contributed by atoms with Gasteiger partial charge in [-0.1, -0.05) is 12.1 Å². The molecule has 0 radical (unpaired) electrons. The molecule has 1 saturated heterocycles. The number of methoxy groups -OCH3 is 2. The fraction of sp³-hybridized carbons (Fsp3) is 0.381. The van der Waals surface area contributed by atoms with Gasteiger partial charge in [0.2, 0.25) is 0 Å². The van der Waals surface area contributed by atoms with E-state index in [2.05, 4.69) is 5.32 Å². The summed E-state index contributed by atoms with van der Waals surface area (Å²) >= 11 is 0. The molecule has 0 saturated carbocycles. The second-order valence-corrected chi connectivity index (χ2v) is 6.69. The van der Waals surface area contributed by atoms with Crippen molar-refractivity contribution in [1.82, 2.24) is 5.32 Å². The van der Waals surface area contributed by atoms with Crippen LogP contribution in [-0.2, 0) is 4.74 Å². The van der Waals surface area contributed by atoms with Crippen molar-refractivity contribution in [1.29, 1.82) is 0 Å².